The highest BCUT2D eigenvalue weighted by molar-refractivity contribution is 6.74. The summed E-state index contributed by atoms with van der Waals surface area (Å²) < 4.78 is 6.65. The minimum Gasteiger partial charge on any atom is -0.416 e. The minimum absolute atomic E-state index is 0.177. The highest BCUT2D eigenvalue weighted by Crippen LogP contribution is 2.72. The Bertz CT molecular complexity index is 542. The van der Waals surface area contributed by atoms with Crippen molar-refractivity contribution in [3.05, 3.63) is 11.6 Å². The number of hydrogen-bond acceptors (Lipinski definition) is 2. The summed E-state index contributed by atoms with van der Waals surface area (Å²) in [5, 5.41) is 0.257. The van der Waals surface area contributed by atoms with Crippen LogP contribution in [-0.4, -0.2) is 20.7 Å². The first kappa shape index (κ1) is 16.4. The van der Waals surface area contributed by atoms with Crippen LogP contribution in [0.5, 0.6) is 0 Å². The fourth-order valence-corrected chi connectivity index (χ4v) is 6.08. The molecule has 2 saturated carbocycles. The van der Waals surface area contributed by atoms with E-state index in [4.69, 9.17) is 4.43 Å². The second kappa shape index (κ2) is 4.57. The lowest BCUT2D eigenvalue weighted by Gasteiger charge is -2.43. The molecule has 3 rings (SSSR count). The maximum absolute atomic E-state index is 11.9. The number of ketones is 1. The van der Waals surface area contributed by atoms with E-state index in [-0.39, 0.29) is 15.9 Å². The average Bonchev–Trinajstić information content (AvgIpc) is 2.92. The van der Waals surface area contributed by atoms with Gasteiger partial charge in [0.25, 0.3) is 0 Å². The van der Waals surface area contributed by atoms with Crippen LogP contribution in [0.3, 0.4) is 0 Å². The third kappa shape index (κ3) is 1.97. The number of carbonyl (C=O) groups is 1. The molecule has 0 amide bonds. The monoisotopic (exact) mass is 320 g/mol. The van der Waals surface area contributed by atoms with E-state index in [1.807, 2.05) is 6.08 Å². The summed E-state index contributed by atoms with van der Waals surface area (Å²) in [4.78, 5) is 11.9. The van der Waals surface area contributed by atoms with E-state index in [9.17, 15) is 4.79 Å². The highest BCUT2D eigenvalue weighted by Gasteiger charge is 2.67. The van der Waals surface area contributed by atoms with E-state index in [0.717, 1.165) is 13.0 Å². The molecule has 0 aromatic heterocycles. The topological polar surface area (TPSA) is 26.3 Å². The molecule has 2 bridgehead atoms. The van der Waals surface area contributed by atoms with Crippen LogP contribution >= 0.6 is 0 Å². The Morgan fingerprint density at radius 2 is 1.95 bits per heavy atom. The fraction of sp³-hybridized carbons (Fsp3) is 0.842. The zero-order valence-electron chi connectivity index (χ0n) is 15.4. The van der Waals surface area contributed by atoms with Gasteiger partial charge in [0, 0.05) is 18.4 Å². The van der Waals surface area contributed by atoms with Gasteiger partial charge in [0.2, 0.25) is 0 Å². The molecule has 4 atom stereocenters. The van der Waals surface area contributed by atoms with Gasteiger partial charge in [0.05, 0.1) is 0 Å². The summed E-state index contributed by atoms with van der Waals surface area (Å²) >= 11 is 0. The first-order chi connectivity index (χ1) is 9.92. The lowest BCUT2D eigenvalue weighted by atomic mass is 9.68. The van der Waals surface area contributed by atoms with Crippen molar-refractivity contribution < 1.29 is 9.22 Å². The quantitative estimate of drug-likeness (QED) is 0.687. The first-order valence-corrected chi connectivity index (χ1v) is 11.7. The van der Waals surface area contributed by atoms with Gasteiger partial charge in [-0.25, -0.2) is 0 Å². The fourth-order valence-electron chi connectivity index (χ4n) is 4.98. The molecule has 0 aromatic rings. The molecule has 3 aliphatic carbocycles. The van der Waals surface area contributed by atoms with Crippen LogP contribution in [0.15, 0.2) is 11.6 Å². The van der Waals surface area contributed by atoms with Gasteiger partial charge in [-0.15, -0.1) is 0 Å². The molecule has 3 heteroatoms. The number of allylic oxidation sites excluding steroid dienone is 2. The zero-order valence-corrected chi connectivity index (χ0v) is 16.4. The van der Waals surface area contributed by atoms with Gasteiger partial charge in [0.15, 0.2) is 14.1 Å². The molecule has 0 saturated heterocycles. The third-order valence-corrected chi connectivity index (χ3v) is 12.3. The molecule has 2 fully saturated rings. The predicted octanol–water partition coefficient (Wildman–Crippen LogP) is 4.96. The van der Waals surface area contributed by atoms with Gasteiger partial charge in [-0.05, 0) is 54.3 Å². The standard InChI is InChI=1S/C19H32O2Si/c1-17(2,3)22(6,7)21-12-19(5)15-8-9-18(19,4)16-11-13(20)10-14(15)16/h11,14-15H,8-10,12H2,1-7H3/t14-,15+,18-,19+/m1/s1. The van der Waals surface area contributed by atoms with Gasteiger partial charge >= 0.3 is 0 Å². The molecule has 0 spiro atoms. The van der Waals surface area contributed by atoms with Crippen molar-refractivity contribution in [2.24, 2.45) is 22.7 Å². The van der Waals surface area contributed by atoms with E-state index in [0.29, 0.717) is 17.6 Å². The van der Waals surface area contributed by atoms with Crippen molar-refractivity contribution in [1.82, 2.24) is 0 Å². The van der Waals surface area contributed by atoms with E-state index >= 15 is 0 Å². The minimum atomic E-state index is -1.72. The molecule has 0 aromatic carbocycles. The number of hydrogen-bond donors (Lipinski definition) is 0. The van der Waals surface area contributed by atoms with Gasteiger partial charge < -0.3 is 4.43 Å². The normalized spacial score (nSPS) is 41.0. The van der Waals surface area contributed by atoms with Crippen molar-refractivity contribution in [3.8, 4) is 0 Å². The number of rotatable bonds is 3. The second-order valence-electron chi connectivity index (χ2n) is 9.82. The smallest absolute Gasteiger partial charge is 0.192 e. The lowest BCUT2D eigenvalue weighted by molar-refractivity contribution is -0.114. The molecular weight excluding hydrogens is 288 g/mol. The van der Waals surface area contributed by atoms with E-state index in [1.165, 1.54) is 18.4 Å². The molecule has 3 aliphatic rings. The van der Waals surface area contributed by atoms with Gasteiger partial charge in [-0.3, -0.25) is 4.79 Å². The summed E-state index contributed by atoms with van der Waals surface area (Å²) in [7, 11) is -1.72. The van der Waals surface area contributed by atoms with E-state index in [1.54, 1.807) is 0 Å². The molecule has 0 heterocycles. The Morgan fingerprint density at radius 1 is 1.32 bits per heavy atom. The van der Waals surface area contributed by atoms with Crippen molar-refractivity contribution in [2.75, 3.05) is 6.61 Å². The van der Waals surface area contributed by atoms with E-state index in [2.05, 4.69) is 47.7 Å². The SMILES string of the molecule is CC(C)(C)[Si](C)(C)OC[C@@]1(C)[C@H]2CC[C@]1(C)C1=CC(=O)C[C@@H]12. The summed E-state index contributed by atoms with van der Waals surface area (Å²) in [5.41, 5.74) is 1.84. The first-order valence-electron chi connectivity index (χ1n) is 8.81. The molecule has 22 heavy (non-hydrogen) atoms. The van der Waals surface area contributed by atoms with Crippen molar-refractivity contribution in [2.45, 2.75) is 72.0 Å². The summed E-state index contributed by atoms with van der Waals surface area (Å²) in [6, 6.07) is 0. The molecular formula is C19H32O2Si. The Hall–Kier alpha value is -0.413. The molecule has 0 aliphatic heterocycles. The Kier molecular flexibility index (Phi) is 3.41. The van der Waals surface area contributed by atoms with Crippen LogP contribution in [-0.2, 0) is 9.22 Å². The van der Waals surface area contributed by atoms with Crippen molar-refractivity contribution in [3.63, 3.8) is 0 Å². The molecule has 0 unspecified atom stereocenters. The molecule has 124 valence electrons. The van der Waals surface area contributed by atoms with Crippen LogP contribution in [0.25, 0.3) is 0 Å². The van der Waals surface area contributed by atoms with Crippen LogP contribution in [0.2, 0.25) is 18.1 Å². The van der Waals surface area contributed by atoms with Crippen molar-refractivity contribution in [1.29, 1.82) is 0 Å². The highest BCUT2D eigenvalue weighted by atomic mass is 28.4. The third-order valence-electron chi connectivity index (χ3n) is 7.83. The van der Waals surface area contributed by atoms with Crippen LogP contribution in [0.1, 0.15) is 53.9 Å². The van der Waals surface area contributed by atoms with E-state index < -0.39 is 8.32 Å². The molecule has 0 N–H and O–H groups in total. The summed E-state index contributed by atoms with van der Waals surface area (Å²) in [6.07, 6.45) is 5.23. The molecule has 0 radical (unpaired) electrons. The molecule has 2 nitrogen and oxygen atoms in total. The summed E-state index contributed by atoms with van der Waals surface area (Å²) in [5.74, 6) is 1.50. The van der Waals surface area contributed by atoms with Gasteiger partial charge in [0.1, 0.15) is 0 Å². The maximum Gasteiger partial charge on any atom is 0.192 e. The summed E-state index contributed by atoms with van der Waals surface area (Å²) in [6.45, 7) is 17.3. The number of fused-ring (bicyclic) bond motifs is 5. The lowest BCUT2D eigenvalue weighted by Crippen LogP contribution is -2.46. The Morgan fingerprint density at radius 3 is 2.50 bits per heavy atom. The van der Waals surface area contributed by atoms with Crippen LogP contribution in [0.4, 0.5) is 0 Å². The van der Waals surface area contributed by atoms with Gasteiger partial charge in [-0.2, -0.15) is 0 Å². The van der Waals surface area contributed by atoms with Crippen LogP contribution < -0.4 is 0 Å². The average molecular weight is 321 g/mol. The largest absolute Gasteiger partial charge is 0.416 e. The van der Waals surface area contributed by atoms with Crippen molar-refractivity contribution >= 4 is 14.1 Å². The Labute approximate surface area is 136 Å². The Balaban J connectivity index is 1.86. The zero-order chi connectivity index (χ0) is 16.6. The second-order valence-corrected chi connectivity index (χ2v) is 14.6. The van der Waals surface area contributed by atoms with Gasteiger partial charge in [-0.1, -0.05) is 40.2 Å². The number of carbonyl (C=O) groups excluding carboxylic acids is 1. The maximum atomic E-state index is 11.9. The van der Waals surface area contributed by atoms with Crippen LogP contribution in [0, 0.1) is 22.7 Å². The predicted molar refractivity (Wildman–Crippen MR) is 93.3 cm³/mol.